The first-order chi connectivity index (χ1) is 9.86. The Balaban J connectivity index is 2.60. The van der Waals surface area contributed by atoms with E-state index in [0.29, 0.717) is 6.07 Å². The maximum atomic E-state index is 13.4. The smallest absolute Gasteiger partial charge is 0.223 e. The molecule has 0 N–H and O–H groups in total. The molecule has 0 aliphatic rings. The van der Waals surface area contributed by atoms with E-state index in [4.69, 9.17) is 5.26 Å². The van der Waals surface area contributed by atoms with E-state index in [-0.39, 0.29) is 36.8 Å². The highest BCUT2D eigenvalue weighted by Crippen LogP contribution is 2.13. The summed E-state index contributed by atoms with van der Waals surface area (Å²) in [7, 11) is 1.55. The number of amides is 1. The van der Waals surface area contributed by atoms with E-state index in [9.17, 15) is 18.4 Å². The van der Waals surface area contributed by atoms with Crippen molar-refractivity contribution in [1.29, 1.82) is 5.26 Å². The number of ketones is 1. The van der Waals surface area contributed by atoms with Gasteiger partial charge in [0.2, 0.25) is 5.91 Å². The van der Waals surface area contributed by atoms with E-state index >= 15 is 0 Å². The van der Waals surface area contributed by atoms with Crippen LogP contribution in [-0.4, -0.2) is 29.7 Å². The van der Waals surface area contributed by atoms with Crippen LogP contribution in [0.5, 0.6) is 0 Å². The summed E-state index contributed by atoms with van der Waals surface area (Å²) in [5.74, 6) is -2.54. The van der Waals surface area contributed by atoms with Crippen molar-refractivity contribution >= 4 is 11.7 Å². The van der Waals surface area contributed by atoms with Crippen molar-refractivity contribution in [3.63, 3.8) is 0 Å². The molecule has 0 fully saturated rings. The highest BCUT2D eigenvalue weighted by Gasteiger charge is 2.18. The van der Waals surface area contributed by atoms with Gasteiger partial charge in [-0.1, -0.05) is 0 Å². The molecule has 1 aromatic carbocycles. The lowest BCUT2D eigenvalue weighted by Crippen LogP contribution is -2.34. The number of carbonyl (C=O) groups is 2. The fourth-order valence-corrected chi connectivity index (χ4v) is 1.76. The van der Waals surface area contributed by atoms with E-state index in [2.05, 4.69) is 0 Å². The van der Waals surface area contributed by atoms with E-state index in [1.165, 1.54) is 4.90 Å². The number of halogens is 2. The molecule has 0 aliphatic carbocycles. The summed E-state index contributed by atoms with van der Waals surface area (Å²) < 4.78 is 26.2. The van der Waals surface area contributed by atoms with Crippen LogP contribution >= 0.6 is 0 Å². The molecular weight excluding hydrogens is 278 g/mol. The van der Waals surface area contributed by atoms with Crippen LogP contribution in [0, 0.1) is 23.0 Å². The first-order valence-electron chi connectivity index (χ1n) is 6.47. The zero-order chi connectivity index (χ0) is 16.0. The van der Waals surface area contributed by atoms with Gasteiger partial charge in [0.25, 0.3) is 0 Å². The van der Waals surface area contributed by atoms with Crippen LogP contribution in [0.2, 0.25) is 0 Å². The number of rotatable bonds is 6. The van der Waals surface area contributed by atoms with Gasteiger partial charge in [0.05, 0.1) is 18.1 Å². The van der Waals surface area contributed by atoms with Gasteiger partial charge in [-0.3, -0.25) is 9.59 Å². The zero-order valence-corrected chi connectivity index (χ0v) is 11.9. The molecule has 1 amide bonds. The Morgan fingerprint density at radius 3 is 2.57 bits per heavy atom. The molecule has 0 saturated heterocycles. The maximum Gasteiger partial charge on any atom is 0.223 e. The van der Waals surface area contributed by atoms with Gasteiger partial charge in [0.15, 0.2) is 5.78 Å². The minimum absolute atomic E-state index is 0.0814. The molecule has 4 nitrogen and oxygen atoms in total. The van der Waals surface area contributed by atoms with Crippen LogP contribution in [0.1, 0.15) is 36.5 Å². The fraction of sp³-hybridized carbons (Fsp3) is 0.400. The van der Waals surface area contributed by atoms with Gasteiger partial charge in [-0.05, 0) is 19.1 Å². The Labute approximate surface area is 122 Å². The standard InChI is InChI=1S/C15H16F2N2O2/c1-10(7-8-18)19(2)15(21)6-5-14(20)12-4-3-11(16)9-13(12)17/h3-4,9-10H,5-7H2,1-2H3. The second kappa shape index (κ2) is 7.48. The molecule has 1 unspecified atom stereocenters. The van der Waals surface area contributed by atoms with Crippen LogP contribution in [0.25, 0.3) is 0 Å². The SMILES string of the molecule is CC(CC#N)N(C)C(=O)CCC(=O)c1ccc(F)cc1F. The van der Waals surface area contributed by atoms with E-state index in [0.717, 1.165) is 12.1 Å². The molecule has 6 heteroatoms. The lowest BCUT2D eigenvalue weighted by Gasteiger charge is -2.22. The number of carbonyl (C=O) groups excluding carboxylic acids is 2. The van der Waals surface area contributed by atoms with Crippen LogP contribution < -0.4 is 0 Å². The van der Waals surface area contributed by atoms with E-state index < -0.39 is 17.4 Å². The molecule has 0 heterocycles. The largest absolute Gasteiger partial charge is 0.342 e. The average molecular weight is 294 g/mol. The monoisotopic (exact) mass is 294 g/mol. The molecule has 0 aliphatic heterocycles. The molecule has 0 radical (unpaired) electrons. The normalized spacial score (nSPS) is 11.6. The second-order valence-electron chi connectivity index (χ2n) is 4.76. The zero-order valence-electron chi connectivity index (χ0n) is 11.9. The molecule has 0 spiro atoms. The molecule has 21 heavy (non-hydrogen) atoms. The Hall–Kier alpha value is -2.29. The molecule has 112 valence electrons. The fourth-order valence-electron chi connectivity index (χ4n) is 1.76. The number of nitrogens with zero attached hydrogens (tertiary/aromatic N) is 2. The molecule has 1 aromatic rings. The summed E-state index contributed by atoms with van der Waals surface area (Å²) in [4.78, 5) is 25.0. The number of nitriles is 1. The van der Waals surface area contributed by atoms with Crippen LogP contribution in [0.3, 0.4) is 0 Å². The molecular formula is C15H16F2N2O2. The van der Waals surface area contributed by atoms with Crippen molar-refractivity contribution in [3.8, 4) is 6.07 Å². The van der Waals surface area contributed by atoms with E-state index in [1.807, 2.05) is 6.07 Å². The van der Waals surface area contributed by atoms with Crippen LogP contribution in [0.4, 0.5) is 8.78 Å². The summed E-state index contributed by atoms with van der Waals surface area (Å²) in [6.07, 6.45) is -0.0459. The highest BCUT2D eigenvalue weighted by atomic mass is 19.1. The highest BCUT2D eigenvalue weighted by molar-refractivity contribution is 5.98. The maximum absolute atomic E-state index is 13.4. The third kappa shape index (κ3) is 4.63. The van der Waals surface area contributed by atoms with Crippen molar-refractivity contribution in [2.24, 2.45) is 0 Å². The third-order valence-electron chi connectivity index (χ3n) is 3.24. The van der Waals surface area contributed by atoms with Crippen molar-refractivity contribution in [2.75, 3.05) is 7.05 Å². The Bertz CT molecular complexity index is 582. The second-order valence-corrected chi connectivity index (χ2v) is 4.76. The first-order valence-corrected chi connectivity index (χ1v) is 6.47. The van der Waals surface area contributed by atoms with Crippen LogP contribution in [0.15, 0.2) is 18.2 Å². The summed E-state index contributed by atoms with van der Waals surface area (Å²) in [6.45, 7) is 1.72. The summed E-state index contributed by atoms with van der Waals surface area (Å²) >= 11 is 0. The Morgan fingerprint density at radius 2 is 2.00 bits per heavy atom. The van der Waals surface area contributed by atoms with Gasteiger partial charge in [-0.15, -0.1) is 0 Å². The topological polar surface area (TPSA) is 61.2 Å². The molecule has 1 rings (SSSR count). The van der Waals surface area contributed by atoms with Gasteiger partial charge >= 0.3 is 0 Å². The molecule has 0 aromatic heterocycles. The number of hydrogen-bond acceptors (Lipinski definition) is 3. The van der Waals surface area contributed by atoms with Gasteiger partial charge in [0.1, 0.15) is 11.6 Å². The minimum Gasteiger partial charge on any atom is -0.342 e. The summed E-state index contributed by atoms with van der Waals surface area (Å²) in [6, 6.07) is 4.41. The van der Waals surface area contributed by atoms with Gasteiger partial charge in [0, 0.05) is 32.0 Å². The quantitative estimate of drug-likeness (QED) is 0.758. The van der Waals surface area contributed by atoms with Gasteiger partial charge in [-0.2, -0.15) is 5.26 Å². The molecule has 1 atom stereocenters. The number of hydrogen-bond donors (Lipinski definition) is 0. The Kier molecular flexibility index (Phi) is 5.97. The Morgan fingerprint density at radius 1 is 1.33 bits per heavy atom. The predicted molar refractivity (Wildman–Crippen MR) is 72.4 cm³/mol. The molecule has 0 bridgehead atoms. The summed E-state index contributed by atoms with van der Waals surface area (Å²) in [5, 5.41) is 8.57. The van der Waals surface area contributed by atoms with Crippen molar-refractivity contribution < 1.29 is 18.4 Å². The predicted octanol–water partition coefficient (Wildman–Crippen LogP) is 2.69. The third-order valence-corrected chi connectivity index (χ3v) is 3.24. The number of Topliss-reactive ketones (excluding diaryl/α,β-unsaturated/α-hetero) is 1. The van der Waals surface area contributed by atoms with Gasteiger partial charge in [-0.25, -0.2) is 8.78 Å². The average Bonchev–Trinajstić information content (AvgIpc) is 2.43. The van der Waals surface area contributed by atoms with Crippen molar-refractivity contribution in [1.82, 2.24) is 4.90 Å². The van der Waals surface area contributed by atoms with Crippen LogP contribution in [-0.2, 0) is 4.79 Å². The molecule has 0 saturated carbocycles. The first kappa shape index (κ1) is 16.8. The lowest BCUT2D eigenvalue weighted by molar-refractivity contribution is -0.131. The number of benzene rings is 1. The van der Waals surface area contributed by atoms with Crippen molar-refractivity contribution in [3.05, 3.63) is 35.4 Å². The summed E-state index contributed by atoms with van der Waals surface area (Å²) in [5.41, 5.74) is -0.225. The lowest BCUT2D eigenvalue weighted by atomic mass is 10.1. The van der Waals surface area contributed by atoms with E-state index in [1.54, 1.807) is 14.0 Å². The minimum atomic E-state index is -0.932. The van der Waals surface area contributed by atoms with Crippen molar-refractivity contribution in [2.45, 2.75) is 32.2 Å². The van der Waals surface area contributed by atoms with Gasteiger partial charge < -0.3 is 4.90 Å².